The Bertz CT molecular complexity index is 605. The Labute approximate surface area is 121 Å². The Kier molecular flexibility index (Phi) is 3.93. The summed E-state index contributed by atoms with van der Waals surface area (Å²) < 4.78 is 0. The third kappa shape index (κ3) is 2.72. The minimum absolute atomic E-state index is 0.104. The maximum Gasteiger partial charge on any atom is 0.329 e. The molecule has 1 aliphatic carbocycles. The van der Waals surface area contributed by atoms with Gasteiger partial charge in [-0.15, -0.1) is 0 Å². The molecule has 1 fully saturated rings. The van der Waals surface area contributed by atoms with Crippen LogP contribution in [0.3, 0.4) is 0 Å². The van der Waals surface area contributed by atoms with Gasteiger partial charge in [0.15, 0.2) is 0 Å². The normalized spacial score (nSPS) is 16.4. The van der Waals surface area contributed by atoms with Crippen molar-refractivity contribution in [1.29, 1.82) is 0 Å². The number of hydrogen-bond acceptors (Lipinski definition) is 4. The first kappa shape index (κ1) is 15.0. The monoisotopic (exact) mass is 292 g/mol. The van der Waals surface area contributed by atoms with Crippen LogP contribution >= 0.6 is 0 Å². The fourth-order valence-corrected chi connectivity index (χ4v) is 2.74. The molecule has 21 heavy (non-hydrogen) atoms. The first-order valence-corrected chi connectivity index (χ1v) is 6.67. The zero-order valence-corrected chi connectivity index (χ0v) is 11.6. The van der Waals surface area contributed by atoms with Gasteiger partial charge in [-0.05, 0) is 25.8 Å². The number of carboxylic acid groups (broad SMARTS) is 1. The highest BCUT2D eigenvalue weighted by Crippen LogP contribution is 2.31. The van der Waals surface area contributed by atoms with Crippen LogP contribution in [0.25, 0.3) is 0 Å². The Morgan fingerprint density at radius 1 is 1.33 bits per heavy atom. The number of aryl methyl sites for hydroxylation is 1. The van der Waals surface area contributed by atoms with E-state index in [0.29, 0.717) is 31.2 Å². The maximum atomic E-state index is 12.3. The number of hydrogen-bond donors (Lipinski definition) is 2. The molecule has 1 aliphatic rings. The van der Waals surface area contributed by atoms with E-state index in [4.69, 9.17) is 0 Å². The lowest BCUT2D eigenvalue weighted by molar-refractivity contribution is -0.385. The SMILES string of the molecule is Cc1cccc(C(=O)NC2(C(=O)O)CCCC2)c1[N+](=O)[O-]. The highest BCUT2D eigenvalue weighted by molar-refractivity contribution is 6.01. The van der Waals surface area contributed by atoms with Crippen molar-refractivity contribution < 1.29 is 19.6 Å². The summed E-state index contributed by atoms with van der Waals surface area (Å²) in [4.78, 5) is 34.2. The van der Waals surface area contributed by atoms with E-state index in [1.807, 2.05) is 0 Å². The predicted molar refractivity (Wildman–Crippen MR) is 74.1 cm³/mol. The van der Waals surface area contributed by atoms with Gasteiger partial charge in [0.2, 0.25) is 0 Å². The van der Waals surface area contributed by atoms with Crippen molar-refractivity contribution in [3.05, 3.63) is 39.4 Å². The number of nitrogens with zero attached hydrogens (tertiary/aromatic N) is 1. The minimum atomic E-state index is -1.31. The number of amides is 1. The second kappa shape index (κ2) is 5.51. The molecule has 0 unspecified atom stereocenters. The lowest BCUT2D eigenvalue weighted by Gasteiger charge is -2.25. The highest BCUT2D eigenvalue weighted by atomic mass is 16.6. The number of carbonyl (C=O) groups is 2. The van der Waals surface area contributed by atoms with E-state index >= 15 is 0 Å². The van der Waals surface area contributed by atoms with Crippen molar-refractivity contribution in [2.75, 3.05) is 0 Å². The van der Waals surface area contributed by atoms with E-state index in [1.165, 1.54) is 19.1 Å². The summed E-state index contributed by atoms with van der Waals surface area (Å²) in [7, 11) is 0. The molecule has 112 valence electrons. The van der Waals surface area contributed by atoms with E-state index in [0.717, 1.165) is 0 Å². The molecule has 7 heteroatoms. The standard InChI is InChI=1S/C14H16N2O5/c1-9-5-4-6-10(11(9)16(20)21)12(17)15-14(13(18)19)7-2-3-8-14/h4-6H,2-3,7-8H2,1H3,(H,15,17)(H,18,19). The summed E-state index contributed by atoms with van der Waals surface area (Å²) >= 11 is 0. The van der Waals surface area contributed by atoms with Crippen LogP contribution in [0.2, 0.25) is 0 Å². The molecule has 2 rings (SSSR count). The fraction of sp³-hybridized carbons (Fsp3) is 0.429. The van der Waals surface area contributed by atoms with Gasteiger partial charge >= 0.3 is 5.97 Å². The number of nitrogens with one attached hydrogen (secondary N) is 1. The van der Waals surface area contributed by atoms with Crippen LogP contribution in [0.1, 0.15) is 41.6 Å². The van der Waals surface area contributed by atoms with E-state index in [9.17, 15) is 24.8 Å². The van der Waals surface area contributed by atoms with Gasteiger partial charge in [0.1, 0.15) is 11.1 Å². The largest absolute Gasteiger partial charge is 0.480 e. The molecule has 1 aromatic rings. The van der Waals surface area contributed by atoms with Gasteiger partial charge in [-0.2, -0.15) is 0 Å². The number of aliphatic carboxylic acids is 1. The van der Waals surface area contributed by atoms with Crippen LogP contribution in [0.15, 0.2) is 18.2 Å². The van der Waals surface area contributed by atoms with Crippen LogP contribution in [0.5, 0.6) is 0 Å². The number of nitro groups is 1. The maximum absolute atomic E-state index is 12.3. The Morgan fingerprint density at radius 2 is 1.95 bits per heavy atom. The van der Waals surface area contributed by atoms with E-state index < -0.39 is 22.3 Å². The van der Waals surface area contributed by atoms with Crippen LogP contribution in [0.4, 0.5) is 5.69 Å². The second-order valence-corrected chi connectivity index (χ2v) is 5.28. The molecule has 0 bridgehead atoms. The molecule has 0 radical (unpaired) electrons. The summed E-state index contributed by atoms with van der Waals surface area (Å²) in [6.07, 6.45) is 2.10. The van der Waals surface area contributed by atoms with Crippen molar-refractivity contribution in [3.63, 3.8) is 0 Å². The summed E-state index contributed by atoms with van der Waals surface area (Å²) in [5.74, 6) is -1.81. The molecular weight excluding hydrogens is 276 g/mol. The molecule has 0 spiro atoms. The molecule has 2 N–H and O–H groups in total. The van der Waals surface area contributed by atoms with E-state index in [-0.39, 0.29) is 11.3 Å². The average molecular weight is 292 g/mol. The second-order valence-electron chi connectivity index (χ2n) is 5.28. The third-order valence-corrected chi connectivity index (χ3v) is 3.88. The number of benzene rings is 1. The Hall–Kier alpha value is -2.44. The van der Waals surface area contributed by atoms with Gasteiger partial charge in [-0.3, -0.25) is 14.9 Å². The van der Waals surface area contributed by atoms with Gasteiger partial charge in [-0.25, -0.2) is 4.79 Å². The number of para-hydroxylation sites is 1. The highest BCUT2D eigenvalue weighted by Gasteiger charge is 2.43. The minimum Gasteiger partial charge on any atom is -0.480 e. The number of rotatable bonds is 4. The molecule has 0 heterocycles. The van der Waals surface area contributed by atoms with Gasteiger partial charge < -0.3 is 10.4 Å². The number of nitro benzene ring substituents is 1. The quantitative estimate of drug-likeness (QED) is 0.651. The summed E-state index contributed by atoms with van der Waals surface area (Å²) in [6, 6.07) is 4.42. The van der Waals surface area contributed by atoms with E-state index in [2.05, 4.69) is 5.32 Å². The molecule has 1 aromatic carbocycles. The van der Waals surface area contributed by atoms with Gasteiger partial charge in [0.05, 0.1) is 4.92 Å². The van der Waals surface area contributed by atoms with Crippen molar-refractivity contribution >= 4 is 17.6 Å². The fourth-order valence-electron chi connectivity index (χ4n) is 2.74. The molecule has 1 saturated carbocycles. The van der Waals surface area contributed by atoms with Gasteiger partial charge in [0.25, 0.3) is 11.6 Å². The summed E-state index contributed by atoms with van der Waals surface area (Å²) in [5, 5.41) is 22.9. The lowest BCUT2D eigenvalue weighted by Crippen LogP contribution is -2.52. The average Bonchev–Trinajstić information content (AvgIpc) is 2.87. The predicted octanol–water partition coefficient (Wildman–Crippen LogP) is 2.03. The molecule has 0 aliphatic heterocycles. The van der Waals surface area contributed by atoms with Crippen molar-refractivity contribution in [2.24, 2.45) is 0 Å². The first-order chi connectivity index (χ1) is 9.87. The van der Waals surface area contributed by atoms with Gasteiger partial charge in [-0.1, -0.05) is 25.0 Å². The van der Waals surface area contributed by atoms with Crippen LogP contribution in [-0.2, 0) is 4.79 Å². The zero-order valence-electron chi connectivity index (χ0n) is 11.6. The van der Waals surface area contributed by atoms with Gasteiger partial charge in [0, 0.05) is 5.56 Å². The molecule has 1 amide bonds. The van der Waals surface area contributed by atoms with Crippen molar-refractivity contribution in [3.8, 4) is 0 Å². The Balaban J connectivity index is 2.35. The zero-order chi connectivity index (χ0) is 15.6. The molecule has 0 atom stereocenters. The third-order valence-electron chi connectivity index (χ3n) is 3.88. The summed E-state index contributed by atoms with van der Waals surface area (Å²) in [5.41, 5.74) is -1.33. The number of carboxylic acids is 1. The smallest absolute Gasteiger partial charge is 0.329 e. The molecular formula is C14H16N2O5. The topological polar surface area (TPSA) is 110 Å². The van der Waals surface area contributed by atoms with Crippen LogP contribution in [0, 0.1) is 17.0 Å². The molecule has 7 nitrogen and oxygen atoms in total. The molecule has 0 aromatic heterocycles. The number of carbonyl (C=O) groups excluding carboxylic acids is 1. The summed E-state index contributed by atoms with van der Waals surface area (Å²) in [6.45, 7) is 1.54. The van der Waals surface area contributed by atoms with Crippen LogP contribution < -0.4 is 5.32 Å². The van der Waals surface area contributed by atoms with Crippen molar-refractivity contribution in [1.82, 2.24) is 5.32 Å². The lowest BCUT2D eigenvalue weighted by atomic mass is 9.96. The first-order valence-electron chi connectivity index (χ1n) is 6.67. The molecule has 0 saturated heterocycles. The van der Waals surface area contributed by atoms with Crippen LogP contribution in [-0.4, -0.2) is 27.4 Å². The van der Waals surface area contributed by atoms with Crippen molar-refractivity contribution in [2.45, 2.75) is 38.1 Å². The van der Waals surface area contributed by atoms with E-state index in [1.54, 1.807) is 6.07 Å². The Morgan fingerprint density at radius 3 is 2.48 bits per heavy atom.